The normalized spacial score (nSPS) is 14.4. The van der Waals surface area contributed by atoms with Crippen LogP contribution in [-0.2, 0) is 65.4 Å². The van der Waals surface area contributed by atoms with Crippen LogP contribution in [0.3, 0.4) is 0 Å². The first-order valence-electron chi connectivity index (χ1n) is 38.0. The molecule has 0 amide bonds. The number of rotatable bonds is 72. The van der Waals surface area contributed by atoms with Crippen molar-refractivity contribution >= 4 is 39.5 Å². The summed E-state index contributed by atoms with van der Waals surface area (Å²) in [6.45, 7) is 9.43. The van der Waals surface area contributed by atoms with Crippen molar-refractivity contribution in [2.75, 3.05) is 39.6 Å². The van der Waals surface area contributed by atoms with E-state index in [9.17, 15) is 43.2 Å². The number of carbonyl (C=O) groups excluding carboxylic acids is 4. The summed E-state index contributed by atoms with van der Waals surface area (Å²) in [7, 11) is -9.90. The molecule has 0 heterocycles. The first kappa shape index (κ1) is 90.1. The van der Waals surface area contributed by atoms with Gasteiger partial charge in [-0.2, -0.15) is 0 Å². The number of hydrogen-bond donors (Lipinski definition) is 3. The van der Waals surface area contributed by atoms with Crippen molar-refractivity contribution in [3.8, 4) is 0 Å². The Morgan fingerprint density at radius 1 is 0.315 bits per heavy atom. The molecule has 0 saturated carbocycles. The number of aliphatic hydroxyl groups is 1. The molecule has 3 unspecified atom stereocenters. The van der Waals surface area contributed by atoms with Crippen molar-refractivity contribution in [2.24, 2.45) is 11.8 Å². The second kappa shape index (κ2) is 65.0. The van der Waals surface area contributed by atoms with Crippen LogP contribution in [0.15, 0.2) is 0 Å². The zero-order valence-corrected chi connectivity index (χ0v) is 61.6. The van der Waals surface area contributed by atoms with Crippen LogP contribution in [0.5, 0.6) is 0 Å². The van der Waals surface area contributed by atoms with E-state index in [0.717, 1.165) is 102 Å². The van der Waals surface area contributed by atoms with Crippen LogP contribution in [0, 0.1) is 11.8 Å². The Kier molecular flexibility index (Phi) is 63.7. The van der Waals surface area contributed by atoms with E-state index >= 15 is 0 Å². The minimum atomic E-state index is -4.95. The van der Waals surface area contributed by atoms with Gasteiger partial charge in [0.05, 0.1) is 26.4 Å². The molecule has 0 aromatic heterocycles. The van der Waals surface area contributed by atoms with E-state index in [0.29, 0.717) is 31.6 Å². The lowest BCUT2D eigenvalue weighted by Crippen LogP contribution is -2.30. The molecule has 0 aliphatic rings. The van der Waals surface area contributed by atoms with Gasteiger partial charge >= 0.3 is 39.5 Å². The van der Waals surface area contributed by atoms with E-state index in [2.05, 4.69) is 41.5 Å². The maximum atomic E-state index is 13.0. The van der Waals surface area contributed by atoms with Crippen molar-refractivity contribution < 1.29 is 80.2 Å². The van der Waals surface area contributed by atoms with Crippen molar-refractivity contribution in [2.45, 2.75) is 394 Å². The molecule has 92 heavy (non-hydrogen) atoms. The van der Waals surface area contributed by atoms with E-state index in [-0.39, 0.29) is 25.7 Å². The Bertz CT molecular complexity index is 1790. The summed E-state index contributed by atoms with van der Waals surface area (Å²) >= 11 is 0. The third-order valence-electron chi connectivity index (χ3n) is 17.3. The molecule has 0 radical (unpaired) electrons. The quantitative estimate of drug-likeness (QED) is 0.0222. The topological polar surface area (TPSA) is 237 Å². The second-order valence-corrected chi connectivity index (χ2v) is 30.0. The van der Waals surface area contributed by atoms with Gasteiger partial charge in [0.25, 0.3) is 0 Å². The number of carbonyl (C=O) groups is 4. The summed E-state index contributed by atoms with van der Waals surface area (Å²) in [5.74, 6) is -0.727. The summed E-state index contributed by atoms with van der Waals surface area (Å²) in [6.07, 6.45) is 51.7. The number of ether oxygens (including phenoxy) is 4. The van der Waals surface area contributed by atoms with Gasteiger partial charge in [0.2, 0.25) is 0 Å². The van der Waals surface area contributed by atoms with Gasteiger partial charge < -0.3 is 33.8 Å². The smallest absolute Gasteiger partial charge is 0.462 e. The summed E-state index contributed by atoms with van der Waals surface area (Å²) in [5.41, 5.74) is 0. The molecule has 0 saturated heterocycles. The van der Waals surface area contributed by atoms with Gasteiger partial charge in [-0.1, -0.05) is 324 Å². The molecule has 0 rings (SSSR count). The Morgan fingerprint density at radius 2 is 0.554 bits per heavy atom. The van der Waals surface area contributed by atoms with Gasteiger partial charge in [-0.05, 0) is 37.5 Å². The number of unbranched alkanes of at least 4 members (excludes halogenated alkanes) is 41. The van der Waals surface area contributed by atoms with Crippen LogP contribution in [-0.4, -0.2) is 96.7 Å². The molecule has 546 valence electrons. The minimum absolute atomic E-state index is 0.102. The Hall–Kier alpha value is -1.94. The summed E-state index contributed by atoms with van der Waals surface area (Å²) in [6, 6.07) is 0. The highest BCUT2D eigenvalue weighted by atomic mass is 31.2. The molecule has 0 aromatic carbocycles. The second-order valence-electron chi connectivity index (χ2n) is 27.1. The molecule has 19 heteroatoms. The third-order valence-corrected chi connectivity index (χ3v) is 19.2. The lowest BCUT2D eigenvalue weighted by Gasteiger charge is -2.21. The fourth-order valence-corrected chi connectivity index (χ4v) is 12.7. The van der Waals surface area contributed by atoms with Crippen LogP contribution in [0.2, 0.25) is 0 Å². The zero-order valence-electron chi connectivity index (χ0n) is 59.9. The molecule has 17 nitrogen and oxygen atoms in total. The predicted molar refractivity (Wildman–Crippen MR) is 372 cm³/mol. The van der Waals surface area contributed by atoms with Gasteiger partial charge in [-0.3, -0.25) is 37.3 Å². The molecule has 0 fully saturated rings. The van der Waals surface area contributed by atoms with E-state index < -0.39 is 97.5 Å². The van der Waals surface area contributed by atoms with Crippen LogP contribution in [0.1, 0.15) is 375 Å². The Balaban J connectivity index is 5.17. The standard InChI is InChI=1S/C73H142O17P2/c1-7-10-12-14-16-18-20-22-23-24-25-26-27-28-29-30-32-34-36-45-51-57-72(77)89-68(61-83-70(75)55-49-43-35-33-31-21-19-17-15-13-11-8-2)63-87-91(79,80)85-59-67(74)60-86-92(81,82)88-64-69(62-84-71(76)56-50-44-39-37-41-47-53-65(4)5)90-73(78)58-52-46-40-38-42-48-54-66(6)9-3/h65-69,74H,7-64H2,1-6H3,(H,79,80)(H,81,82)/t66?,67-,68-,69-/m1/s1. The van der Waals surface area contributed by atoms with Crippen LogP contribution in [0.25, 0.3) is 0 Å². The molecule has 3 N–H and O–H groups in total. The van der Waals surface area contributed by atoms with Gasteiger partial charge in [-0.15, -0.1) is 0 Å². The minimum Gasteiger partial charge on any atom is -0.462 e. The van der Waals surface area contributed by atoms with Gasteiger partial charge in [0.15, 0.2) is 12.2 Å². The average Bonchev–Trinajstić information content (AvgIpc) is 3.63. The summed E-state index contributed by atoms with van der Waals surface area (Å²) < 4.78 is 68.3. The molecule has 0 bridgehead atoms. The van der Waals surface area contributed by atoms with Gasteiger partial charge in [0.1, 0.15) is 19.3 Å². The molecule has 0 aromatic rings. The lowest BCUT2D eigenvalue weighted by molar-refractivity contribution is -0.161. The Labute approximate surface area is 562 Å². The SMILES string of the molecule is CCCCCCCCCCCCCCCCCCCCCCCC(=O)O[C@H](COC(=O)CCCCCCCCCCCCCC)COP(=O)(O)OC[C@@H](O)COP(=O)(O)OC[C@@H](COC(=O)CCCCCCCCC(C)C)OC(=O)CCCCCCCCC(C)CC. The monoisotopic (exact) mass is 1350 g/mol. The van der Waals surface area contributed by atoms with Gasteiger partial charge in [0, 0.05) is 25.7 Å². The van der Waals surface area contributed by atoms with Crippen LogP contribution < -0.4 is 0 Å². The lowest BCUT2D eigenvalue weighted by atomic mass is 10.00. The van der Waals surface area contributed by atoms with Crippen molar-refractivity contribution in [1.82, 2.24) is 0 Å². The highest BCUT2D eigenvalue weighted by molar-refractivity contribution is 7.47. The largest absolute Gasteiger partial charge is 0.472 e. The highest BCUT2D eigenvalue weighted by Gasteiger charge is 2.30. The van der Waals surface area contributed by atoms with E-state index in [1.807, 2.05) is 0 Å². The average molecular weight is 1350 g/mol. The zero-order chi connectivity index (χ0) is 67.9. The third kappa shape index (κ3) is 65.4. The molecular weight excluding hydrogens is 1210 g/mol. The molecule has 6 atom stereocenters. The molecule has 0 spiro atoms. The number of hydrogen-bond acceptors (Lipinski definition) is 15. The number of phosphoric ester groups is 2. The highest BCUT2D eigenvalue weighted by Crippen LogP contribution is 2.45. The summed E-state index contributed by atoms with van der Waals surface area (Å²) in [4.78, 5) is 72.6. The van der Waals surface area contributed by atoms with Crippen molar-refractivity contribution in [3.63, 3.8) is 0 Å². The summed E-state index contributed by atoms with van der Waals surface area (Å²) in [5, 5.41) is 10.6. The maximum Gasteiger partial charge on any atom is 0.472 e. The van der Waals surface area contributed by atoms with Crippen molar-refractivity contribution in [3.05, 3.63) is 0 Å². The Morgan fingerprint density at radius 3 is 0.826 bits per heavy atom. The van der Waals surface area contributed by atoms with Crippen LogP contribution >= 0.6 is 15.6 Å². The van der Waals surface area contributed by atoms with Crippen LogP contribution in [0.4, 0.5) is 0 Å². The first-order chi connectivity index (χ1) is 44.4. The molecule has 0 aliphatic heterocycles. The first-order valence-corrected chi connectivity index (χ1v) is 41.0. The van der Waals surface area contributed by atoms with Crippen molar-refractivity contribution in [1.29, 1.82) is 0 Å². The maximum absolute atomic E-state index is 13.0. The van der Waals surface area contributed by atoms with E-state index in [1.54, 1.807) is 0 Å². The molecular formula is C73H142O17P2. The predicted octanol–water partition coefficient (Wildman–Crippen LogP) is 21.2. The fourth-order valence-electron chi connectivity index (χ4n) is 11.1. The van der Waals surface area contributed by atoms with E-state index in [1.165, 1.54) is 186 Å². The van der Waals surface area contributed by atoms with E-state index in [4.69, 9.17) is 37.0 Å². The number of esters is 4. The number of phosphoric acid groups is 2. The number of aliphatic hydroxyl groups excluding tert-OH is 1. The van der Waals surface area contributed by atoms with Gasteiger partial charge in [-0.25, -0.2) is 9.13 Å². The molecule has 0 aliphatic carbocycles. The fraction of sp³-hybridized carbons (Fsp3) is 0.945.